The van der Waals surface area contributed by atoms with Gasteiger partial charge in [-0.2, -0.15) is 0 Å². The summed E-state index contributed by atoms with van der Waals surface area (Å²) in [4.78, 5) is 0. The van der Waals surface area contributed by atoms with Crippen molar-refractivity contribution in [3.63, 3.8) is 0 Å². The summed E-state index contributed by atoms with van der Waals surface area (Å²) in [6.45, 7) is 0. The Bertz CT molecular complexity index is 197. The Labute approximate surface area is 69.6 Å². The van der Waals surface area contributed by atoms with E-state index in [0.29, 0.717) is 0 Å². The predicted octanol–water partition coefficient (Wildman–Crippen LogP) is -0.544. The Morgan fingerprint density at radius 3 is 1.73 bits per heavy atom. The molecule has 0 bridgehead atoms. The Morgan fingerprint density at radius 2 is 1.45 bits per heavy atom. The fourth-order valence-corrected chi connectivity index (χ4v) is 0.780. The molecular weight excluding hydrogens is 188 g/mol. The van der Waals surface area contributed by atoms with E-state index in [1.54, 1.807) is 0 Å². The Morgan fingerprint density at radius 1 is 1.09 bits per heavy atom. The van der Waals surface area contributed by atoms with Crippen molar-refractivity contribution < 1.29 is 17.5 Å². The zero-order valence-electron chi connectivity index (χ0n) is 5.52. The summed E-state index contributed by atoms with van der Waals surface area (Å²) in [6, 6.07) is 0. The minimum Gasteiger partial charge on any atom is -0.772 e. The third kappa shape index (κ3) is 9.74. The van der Waals surface area contributed by atoms with Gasteiger partial charge in [0.1, 0.15) is 0 Å². The van der Waals surface area contributed by atoms with E-state index in [1.807, 2.05) is 0 Å². The summed E-state index contributed by atoms with van der Waals surface area (Å²) in [5, 5.41) is 0. The molecule has 0 aromatic carbocycles. The molecule has 0 radical (unpaired) electrons. The Hall–Kier alpha value is -0.260. The molecule has 0 aliphatic carbocycles. The Kier molecular flexibility index (Phi) is 6.30. The highest BCUT2D eigenvalue weighted by Crippen LogP contribution is 1.77. The maximum atomic E-state index is 9.89. The largest absolute Gasteiger partial charge is 0.772 e. The predicted molar refractivity (Wildman–Crippen MR) is 40.2 cm³/mol. The molecule has 0 amide bonds. The van der Waals surface area contributed by atoms with Crippen molar-refractivity contribution in [3.05, 3.63) is 17.9 Å². The molecule has 11 heavy (non-hydrogen) atoms. The fraction of sp³-hybridized carbons (Fsp3) is 0.400. The first-order valence-electron chi connectivity index (χ1n) is 2.64. The van der Waals surface area contributed by atoms with Gasteiger partial charge in [-0.05, 0) is 12.2 Å². The van der Waals surface area contributed by atoms with E-state index in [1.165, 1.54) is 12.2 Å². The third-order valence-corrected chi connectivity index (χ3v) is 1.55. The molecule has 0 aliphatic rings. The summed E-state index contributed by atoms with van der Waals surface area (Å²) in [5.74, 6) is -0.274. The minimum atomic E-state index is -2.12. The lowest BCUT2D eigenvalue weighted by Gasteiger charge is -1.96. The topological polar surface area (TPSA) is 80.3 Å². The van der Waals surface area contributed by atoms with Crippen LogP contribution in [0.25, 0.3) is 0 Å². The standard InChI is InChI=1S/C5H8O4S2/c6-10(7)4-2-1-3-5-11(8)9/h2-3H,4-5H2,(H,6,7)(H,8,9)/p-2. The Balaban J connectivity index is 3.64. The second-order valence-corrected chi connectivity index (χ2v) is 3.40. The van der Waals surface area contributed by atoms with Crippen LogP contribution < -0.4 is 0 Å². The molecule has 0 aliphatic heterocycles. The first kappa shape index (κ1) is 10.7. The van der Waals surface area contributed by atoms with Gasteiger partial charge in [-0.15, -0.1) is 5.73 Å². The minimum absolute atomic E-state index is 0.137. The van der Waals surface area contributed by atoms with E-state index in [0.717, 1.165) is 0 Å². The van der Waals surface area contributed by atoms with Crippen molar-refractivity contribution in [1.29, 1.82) is 0 Å². The SMILES string of the molecule is O=S([O-])CC=C=CCS(=O)[O-]. The lowest BCUT2D eigenvalue weighted by molar-refractivity contribution is 0.539. The van der Waals surface area contributed by atoms with Crippen molar-refractivity contribution >= 4 is 22.2 Å². The zero-order valence-corrected chi connectivity index (χ0v) is 7.15. The molecular formula is C5H6O4S2-2. The van der Waals surface area contributed by atoms with E-state index in [2.05, 4.69) is 5.73 Å². The molecule has 0 spiro atoms. The molecule has 0 saturated carbocycles. The van der Waals surface area contributed by atoms with Crippen LogP contribution in [-0.4, -0.2) is 29.0 Å². The van der Waals surface area contributed by atoms with Crippen LogP contribution in [0, 0.1) is 0 Å². The molecule has 0 saturated heterocycles. The van der Waals surface area contributed by atoms with Gasteiger partial charge in [-0.25, -0.2) is 0 Å². The summed E-state index contributed by atoms with van der Waals surface area (Å²) in [5.41, 5.74) is 2.41. The van der Waals surface area contributed by atoms with Gasteiger partial charge in [0.25, 0.3) is 0 Å². The van der Waals surface area contributed by atoms with E-state index in [9.17, 15) is 17.5 Å². The highest BCUT2D eigenvalue weighted by molar-refractivity contribution is 7.79. The fourth-order valence-electron chi connectivity index (χ4n) is 0.316. The van der Waals surface area contributed by atoms with Crippen LogP contribution in [-0.2, 0) is 22.2 Å². The first-order chi connectivity index (χ1) is 5.13. The van der Waals surface area contributed by atoms with Crippen LogP contribution in [0.2, 0.25) is 0 Å². The molecule has 0 aromatic rings. The van der Waals surface area contributed by atoms with Gasteiger partial charge < -0.3 is 9.11 Å². The molecule has 0 fully saturated rings. The maximum Gasteiger partial charge on any atom is 0.0357 e. The summed E-state index contributed by atoms with van der Waals surface area (Å²) >= 11 is -4.24. The maximum absolute atomic E-state index is 9.89. The second kappa shape index (κ2) is 6.45. The van der Waals surface area contributed by atoms with Crippen LogP contribution in [0.15, 0.2) is 17.9 Å². The number of hydrogen-bond acceptors (Lipinski definition) is 4. The first-order valence-corrected chi connectivity index (χ1v) is 5.13. The van der Waals surface area contributed by atoms with Gasteiger partial charge in [0.05, 0.1) is 0 Å². The van der Waals surface area contributed by atoms with E-state index in [4.69, 9.17) is 0 Å². The lowest BCUT2D eigenvalue weighted by atomic mass is 10.6. The number of rotatable bonds is 4. The normalized spacial score (nSPS) is 14.7. The zero-order chi connectivity index (χ0) is 8.69. The second-order valence-electron chi connectivity index (χ2n) is 1.52. The molecule has 4 nitrogen and oxygen atoms in total. The quantitative estimate of drug-likeness (QED) is 0.444. The van der Waals surface area contributed by atoms with Crippen molar-refractivity contribution in [2.24, 2.45) is 0 Å². The van der Waals surface area contributed by atoms with E-state index < -0.39 is 22.2 Å². The lowest BCUT2D eigenvalue weighted by Crippen LogP contribution is -1.90. The van der Waals surface area contributed by atoms with Gasteiger partial charge in [-0.1, -0.05) is 22.2 Å². The molecule has 0 rings (SSSR count). The molecule has 0 N–H and O–H groups in total. The molecule has 2 unspecified atom stereocenters. The average molecular weight is 194 g/mol. The van der Waals surface area contributed by atoms with Crippen molar-refractivity contribution in [2.45, 2.75) is 0 Å². The smallest absolute Gasteiger partial charge is 0.0357 e. The van der Waals surface area contributed by atoms with Gasteiger partial charge in [0.15, 0.2) is 0 Å². The summed E-state index contributed by atoms with van der Waals surface area (Å²) in [6.07, 6.45) is 2.49. The van der Waals surface area contributed by atoms with Crippen LogP contribution in [0.3, 0.4) is 0 Å². The van der Waals surface area contributed by atoms with Gasteiger partial charge in [0, 0.05) is 11.5 Å². The van der Waals surface area contributed by atoms with Crippen LogP contribution >= 0.6 is 0 Å². The van der Waals surface area contributed by atoms with Crippen LogP contribution in [0.4, 0.5) is 0 Å². The molecule has 64 valence electrons. The van der Waals surface area contributed by atoms with Gasteiger partial charge in [-0.3, -0.25) is 8.42 Å². The highest BCUT2D eigenvalue weighted by atomic mass is 32.2. The van der Waals surface area contributed by atoms with Gasteiger partial charge >= 0.3 is 0 Å². The monoisotopic (exact) mass is 194 g/mol. The molecule has 0 aromatic heterocycles. The van der Waals surface area contributed by atoms with Crippen LogP contribution in [0.1, 0.15) is 0 Å². The van der Waals surface area contributed by atoms with Crippen LogP contribution in [0.5, 0.6) is 0 Å². The molecule has 2 atom stereocenters. The van der Waals surface area contributed by atoms with E-state index >= 15 is 0 Å². The van der Waals surface area contributed by atoms with Gasteiger partial charge in [0.2, 0.25) is 0 Å². The van der Waals surface area contributed by atoms with Crippen molar-refractivity contribution in [2.75, 3.05) is 11.5 Å². The number of hydrogen-bond donors (Lipinski definition) is 0. The van der Waals surface area contributed by atoms with Crippen molar-refractivity contribution in [3.8, 4) is 0 Å². The summed E-state index contributed by atoms with van der Waals surface area (Å²) < 4.78 is 39.6. The molecule has 0 heterocycles. The molecule has 6 heteroatoms. The highest BCUT2D eigenvalue weighted by Gasteiger charge is 1.74. The third-order valence-electron chi connectivity index (χ3n) is 0.675. The van der Waals surface area contributed by atoms with E-state index in [-0.39, 0.29) is 11.5 Å². The van der Waals surface area contributed by atoms with Crippen molar-refractivity contribution in [1.82, 2.24) is 0 Å². The average Bonchev–Trinajstić information content (AvgIpc) is 1.85. The summed E-state index contributed by atoms with van der Waals surface area (Å²) in [7, 11) is 0.